The molecule has 1 N–H and O–H groups in total. The van der Waals surface area contributed by atoms with Crippen molar-refractivity contribution in [2.45, 2.75) is 38.6 Å². The van der Waals surface area contributed by atoms with Crippen LogP contribution in [0.2, 0.25) is 0 Å². The van der Waals surface area contributed by atoms with Crippen molar-refractivity contribution in [2.75, 3.05) is 19.8 Å². The van der Waals surface area contributed by atoms with E-state index in [1.807, 2.05) is 19.2 Å². The smallest absolute Gasteiger partial charge is 0.0605 e. The van der Waals surface area contributed by atoms with Crippen LogP contribution in [0.25, 0.3) is 0 Å². The third-order valence-corrected chi connectivity index (χ3v) is 3.26. The third kappa shape index (κ3) is 3.51. The minimum absolute atomic E-state index is 0.446. The average Bonchev–Trinajstić information content (AvgIpc) is 2.39. The van der Waals surface area contributed by atoms with Crippen LogP contribution in [0.4, 0.5) is 0 Å². The van der Waals surface area contributed by atoms with Gasteiger partial charge in [0.15, 0.2) is 0 Å². The molecule has 0 bridgehead atoms. The molecule has 0 saturated heterocycles. The molecule has 0 aromatic carbocycles. The Hall–Kier alpha value is -0.930. The molecule has 1 heterocycles. The Morgan fingerprint density at radius 1 is 1.53 bits per heavy atom. The summed E-state index contributed by atoms with van der Waals surface area (Å²) in [6, 6.07) is 4.69. The Kier molecular flexibility index (Phi) is 4.95. The SMILES string of the molecule is CCOCCCNC1CCCc2cccnc21. The Morgan fingerprint density at radius 2 is 2.47 bits per heavy atom. The number of rotatable bonds is 6. The van der Waals surface area contributed by atoms with E-state index in [1.165, 1.54) is 30.5 Å². The number of ether oxygens (including phenoxy) is 1. The highest BCUT2D eigenvalue weighted by Crippen LogP contribution is 2.27. The molecule has 0 radical (unpaired) electrons. The molecule has 17 heavy (non-hydrogen) atoms. The van der Waals surface area contributed by atoms with Gasteiger partial charge in [-0.3, -0.25) is 4.98 Å². The fraction of sp³-hybridized carbons (Fsp3) is 0.643. The van der Waals surface area contributed by atoms with E-state index in [2.05, 4.69) is 16.4 Å². The van der Waals surface area contributed by atoms with Crippen molar-refractivity contribution in [2.24, 2.45) is 0 Å². The van der Waals surface area contributed by atoms with Gasteiger partial charge < -0.3 is 10.1 Å². The number of pyridine rings is 1. The first-order valence-electron chi connectivity index (χ1n) is 6.66. The third-order valence-electron chi connectivity index (χ3n) is 3.26. The molecule has 3 nitrogen and oxygen atoms in total. The van der Waals surface area contributed by atoms with E-state index >= 15 is 0 Å². The summed E-state index contributed by atoms with van der Waals surface area (Å²) < 4.78 is 5.34. The number of hydrogen-bond donors (Lipinski definition) is 1. The van der Waals surface area contributed by atoms with E-state index in [0.717, 1.165) is 26.2 Å². The molecule has 1 unspecified atom stereocenters. The first-order valence-corrected chi connectivity index (χ1v) is 6.66. The number of nitrogens with one attached hydrogen (secondary N) is 1. The van der Waals surface area contributed by atoms with E-state index in [-0.39, 0.29) is 0 Å². The molecule has 0 amide bonds. The Balaban J connectivity index is 1.82. The molecule has 0 spiro atoms. The van der Waals surface area contributed by atoms with Crippen molar-refractivity contribution in [3.05, 3.63) is 29.6 Å². The van der Waals surface area contributed by atoms with Gasteiger partial charge in [-0.2, -0.15) is 0 Å². The monoisotopic (exact) mass is 234 g/mol. The van der Waals surface area contributed by atoms with Crippen LogP contribution in [0.3, 0.4) is 0 Å². The summed E-state index contributed by atoms with van der Waals surface area (Å²) in [4.78, 5) is 4.52. The van der Waals surface area contributed by atoms with Gasteiger partial charge in [0.25, 0.3) is 0 Å². The average molecular weight is 234 g/mol. The molecule has 0 fully saturated rings. The first-order chi connectivity index (χ1) is 8.42. The van der Waals surface area contributed by atoms with Crippen LogP contribution >= 0.6 is 0 Å². The first kappa shape index (κ1) is 12.5. The van der Waals surface area contributed by atoms with Gasteiger partial charge in [-0.15, -0.1) is 0 Å². The topological polar surface area (TPSA) is 34.1 Å². The van der Waals surface area contributed by atoms with E-state index in [4.69, 9.17) is 4.74 Å². The minimum Gasteiger partial charge on any atom is -0.382 e. The van der Waals surface area contributed by atoms with Crippen LogP contribution in [0.5, 0.6) is 0 Å². The quantitative estimate of drug-likeness (QED) is 0.768. The van der Waals surface area contributed by atoms with Gasteiger partial charge in [0, 0.05) is 25.5 Å². The highest BCUT2D eigenvalue weighted by Gasteiger charge is 2.20. The second-order valence-corrected chi connectivity index (χ2v) is 4.50. The zero-order valence-electron chi connectivity index (χ0n) is 10.6. The lowest BCUT2D eigenvalue weighted by molar-refractivity contribution is 0.144. The number of fused-ring (bicyclic) bond motifs is 1. The van der Waals surface area contributed by atoms with Gasteiger partial charge in [-0.1, -0.05) is 6.07 Å². The number of hydrogen-bond acceptors (Lipinski definition) is 3. The summed E-state index contributed by atoms with van der Waals surface area (Å²) in [5.41, 5.74) is 2.68. The molecular weight excluding hydrogens is 212 g/mol. The van der Waals surface area contributed by atoms with Gasteiger partial charge in [0.2, 0.25) is 0 Å². The molecule has 1 atom stereocenters. The van der Waals surface area contributed by atoms with Crippen LogP contribution in [0.1, 0.15) is 43.5 Å². The molecule has 0 aliphatic heterocycles. The maximum absolute atomic E-state index is 5.34. The summed E-state index contributed by atoms with van der Waals surface area (Å²) in [7, 11) is 0. The Bertz CT molecular complexity index is 341. The van der Waals surface area contributed by atoms with Crippen molar-refractivity contribution in [3.8, 4) is 0 Å². The van der Waals surface area contributed by atoms with E-state index in [0.29, 0.717) is 6.04 Å². The molecule has 2 rings (SSSR count). The standard InChI is InChI=1S/C14H22N2O/c1-2-17-11-5-10-15-13-8-3-6-12-7-4-9-16-14(12)13/h4,7,9,13,15H,2-3,5-6,8,10-11H2,1H3. The van der Waals surface area contributed by atoms with Crippen LogP contribution in [-0.4, -0.2) is 24.7 Å². The lowest BCUT2D eigenvalue weighted by atomic mass is 9.92. The van der Waals surface area contributed by atoms with Crippen molar-refractivity contribution >= 4 is 0 Å². The fourth-order valence-corrected chi connectivity index (χ4v) is 2.40. The molecule has 94 valence electrons. The highest BCUT2D eigenvalue weighted by molar-refractivity contribution is 5.25. The van der Waals surface area contributed by atoms with E-state index < -0.39 is 0 Å². The lowest BCUT2D eigenvalue weighted by Gasteiger charge is -2.25. The molecular formula is C14H22N2O. The number of nitrogens with zero attached hydrogens (tertiary/aromatic N) is 1. The molecule has 1 aliphatic carbocycles. The Labute approximate surface area is 104 Å². The second-order valence-electron chi connectivity index (χ2n) is 4.50. The summed E-state index contributed by atoms with van der Waals surface area (Å²) >= 11 is 0. The summed E-state index contributed by atoms with van der Waals surface area (Å²) in [5.74, 6) is 0. The molecule has 0 saturated carbocycles. The fourth-order valence-electron chi connectivity index (χ4n) is 2.40. The zero-order chi connectivity index (χ0) is 11.9. The van der Waals surface area contributed by atoms with Crippen molar-refractivity contribution < 1.29 is 4.74 Å². The molecule has 1 aromatic heterocycles. The maximum Gasteiger partial charge on any atom is 0.0605 e. The number of aryl methyl sites for hydroxylation is 1. The molecule has 3 heteroatoms. The summed E-state index contributed by atoms with van der Waals surface area (Å²) in [5, 5.41) is 3.59. The summed E-state index contributed by atoms with van der Waals surface area (Å²) in [6.45, 7) is 4.72. The van der Waals surface area contributed by atoms with Gasteiger partial charge in [-0.25, -0.2) is 0 Å². The van der Waals surface area contributed by atoms with Gasteiger partial charge in [0.05, 0.1) is 5.69 Å². The van der Waals surface area contributed by atoms with Crippen LogP contribution in [0, 0.1) is 0 Å². The minimum atomic E-state index is 0.446. The largest absolute Gasteiger partial charge is 0.382 e. The van der Waals surface area contributed by atoms with Crippen molar-refractivity contribution in [1.82, 2.24) is 10.3 Å². The normalized spacial score (nSPS) is 19.0. The van der Waals surface area contributed by atoms with Crippen LogP contribution < -0.4 is 5.32 Å². The predicted molar refractivity (Wildman–Crippen MR) is 69.0 cm³/mol. The van der Waals surface area contributed by atoms with Crippen molar-refractivity contribution in [3.63, 3.8) is 0 Å². The second kappa shape index (κ2) is 6.72. The molecule has 1 aromatic rings. The predicted octanol–water partition coefficient (Wildman–Crippen LogP) is 2.48. The van der Waals surface area contributed by atoms with Crippen molar-refractivity contribution in [1.29, 1.82) is 0 Å². The highest BCUT2D eigenvalue weighted by atomic mass is 16.5. The number of aromatic nitrogens is 1. The zero-order valence-corrected chi connectivity index (χ0v) is 10.6. The van der Waals surface area contributed by atoms with E-state index in [9.17, 15) is 0 Å². The molecule has 1 aliphatic rings. The van der Waals surface area contributed by atoms with E-state index in [1.54, 1.807) is 0 Å². The lowest BCUT2D eigenvalue weighted by Crippen LogP contribution is -2.27. The van der Waals surface area contributed by atoms with Crippen LogP contribution in [0.15, 0.2) is 18.3 Å². The van der Waals surface area contributed by atoms with Gasteiger partial charge in [0.1, 0.15) is 0 Å². The Morgan fingerprint density at radius 3 is 3.35 bits per heavy atom. The maximum atomic E-state index is 5.34. The van der Waals surface area contributed by atoms with Gasteiger partial charge in [-0.05, 0) is 50.8 Å². The van der Waals surface area contributed by atoms with Gasteiger partial charge >= 0.3 is 0 Å². The summed E-state index contributed by atoms with van der Waals surface area (Å²) in [6.07, 6.45) is 6.63. The van der Waals surface area contributed by atoms with Crippen LogP contribution in [-0.2, 0) is 11.2 Å².